The molecule has 0 aliphatic carbocycles. The van der Waals surface area contributed by atoms with Gasteiger partial charge >= 0.3 is 0 Å². The van der Waals surface area contributed by atoms with Crippen LogP contribution >= 0.6 is 0 Å². The van der Waals surface area contributed by atoms with Gasteiger partial charge in [0.05, 0.1) is 26.0 Å². The van der Waals surface area contributed by atoms with Crippen molar-refractivity contribution >= 4 is 5.91 Å². The molecular formula is C24H31N7O3. The number of hydrogen-bond donors (Lipinski definition) is 1. The summed E-state index contributed by atoms with van der Waals surface area (Å²) < 4.78 is 15.1. The predicted molar refractivity (Wildman–Crippen MR) is 124 cm³/mol. The smallest absolute Gasteiger partial charge is 0.271 e. The molecule has 0 radical (unpaired) electrons. The second kappa shape index (κ2) is 9.94. The van der Waals surface area contributed by atoms with E-state index < -0.39 is 0 Å². The van der Waals surface area contributed by atoms with Gasteiger partial charge in [-0.2, -0.15) is 5.10 Å². The van der Waals surface area contributed by atoms with Gasteiger partial charge < -0.3 is 14.8 Å². The van der Waals surface area contributed by atoms with E-state index in [2.05, 4.69) is 25.6 Å². The summed E-state index contributed by atoms with van der Waals surface area (Å²) in [5.41, 5.74) is 3.61. The summed E-state index contributed by atoms with van der Waals surface area (Å²) in [4.78, 5) is 14.8. The minimum absolute atomic E-state index is 0.0453. The van der Waals surface area contributed by atoms with Crippen LogP contribution in [-0.2, 0) is 31.0 Å². The minimum Gasteiger partial charge on any atom is -0.497 e. The molecule has 0 spiro atoms. The monoisotopic (exact) mass is 465 g/mol. The molecule has 2 aliphatic heterocycles. The molecule has 10 heteroatoms. The first-order chi connectivity index (χ1) is 16.6. The van der Waals surface area contributed by atoms with Crippen LogP contribution in [0.25, 0.3) is 0 Å². The van der Waals surface area contributed by atoms with Crippen molar-refractivity contribution in [3.05, 3.63) is 59.2 Å². The molecule has 2 aromatic heterocycles. The van der Waals surface area contributed by atoms with Gasteiger partial charge in [0, 0.05) is 38.4 Å². The van der Waals surface area contributed by atoms with E-state index in [0.29, 0.717) is 18.8 Å². The Balaban J connectivity index is 1.13. The van der Waals surface area contributed by atoms with Crippen molar-refractivity contribution in [1.82, 2.24) is 35.0 Å². The number of aromatic nitrogens is 5. The molecule has 1 amide bonds. The van der Waals surface area contributed by atoms with Crippen LogP contribution in [0.2, 0.25) is 0 Å². The molecule has 0 saturated carbocycles. The number of nitrogens with one attached hydrogen (secondary N) is 1. The van der Waals surface area contributed by atoms with Crippen molar-refractivity contribution in [2.45, 2.75) is 58.2 Å². The zero-order valence-electron chi connectivity index (χ0n) is 19.7. The molecule has 0 unspecified atom stereocenters. The third kappa shape index (κ3) is 4.83. The molecule has 0 bridgehead atoms. The molecule has 1 aromatic carbocycles. The standard InChI is InChI=1S/C24H31N7O3/c1-3-30-13-10-20(27-30)24(32)25-18-8-11-29(12-9-18)14-21-22-16-34-23(15-31(22)28-26-21)17-4-6-19(33-2)7-5-17/h4-7,10,13,18,23H,3,8-9,11-12,14-16H2,1-2H3,(H,25,32)/t23-/m1/s1. The van der Waals surface area contributed by atoms with E-state index in [1.54, 1.807) is 17.9 Å². The maximum absolute atomic E-state index is 12.5. The van der Waals surface area contributed by atoms with Crippen molar-refractivity contribution in [3.8, 4) is 5.75 Å². The number of methoxy groups -OCH3 is 1. The number of rotatable bonds is 7. The first-order valence-electron chi connectivity index (χ1n) is 11.9. The van der Waals surface area contributed by atoms with Gasteiger partial charge in [-0.15, -0.1) is 5.10 Å². The second-order valence-corrected chi connectivity index (χ2v) is 8.82. The minimum atomic E-state index is -0.0958. The molecule has 3 aromatic rings. The highest BCUT2D eigenvalue weighted by molar-refractivity contribution is 5.92. The number of fused-ring (bicyclic) bond motifs is 1. The van der Waals surface area contributed by atoms with Crippen LogP contribution in [0.15, 0.2) is 36.5 Å². The average Bonchev–Trinajstić information content (AvgIpc) is 3.52. The summed E-state index contributed by atoms with van der Waals surface area (Å²) >= 11 is 0. The number of amides is 1. The van der Waals surface area contributed by atoms with Gasteiger partial charge in [-0.25, -0.2) is 4.68 Å². The van der Waals surface area contributed by atoms with E-state index in [9.17, 15) is 4.79 Å². The van der Waals surface area contributed by atoms with Crippen LogP contribution in [0.1, 0.15) is 53.3 Å². The summed E-state index contributed by atoms with van der Waals surface area (Å²) in [5, 5.41) is 16.3. The lowest BCUT2D eigenvalue weighted by Crippen LogP contribution is -2.44. The number of aryl methyl sites for hydroxylation is 1. The Morgan fingerprint density at radius 1 is 1.21 bits per heavy atom. The second-order valence-electron chi connectivity index (χ2n) is 8.82. The molecule has 180 valence electrons. The molecular weight excluding hydrogens is 434 g/mol. The van der Waals surface area contributed by atoms with Crippen molar-refractivity contribution in [2.75, 3.05) is 20.2 Å². The predicted octanol–water partition coefficient (Wildman–Crippen LogP) is 2.17. The number of ether oxygens (including phenoxy) is 2. The summed E-state index contributed by atoms with van der Waals surface area (Å²) in [5.74, 6) is 0.737. The topological polar surface area (TPSA) is 99.3 Å². The third-order valence-corrected chi connectivity index (χ3v) is 6.66. The fourth-order valence-corrected chi connectivity index (χ4v) is 4.57. The third-order valence-electron chi connectivity index (χ3n) is 6.66. The molecule has 1 saturated heterocycles. The molecule has 1 atom stereocenters. The van der Waals surface area contributed by atoms with Crippen LogP contribution in [0, 0.1) is 0 Å². The fourth-order valence-electron chi connectivity index (χ4n) is 4.57. The van der Waals surface area contributed by atoms with Crippen molar-refractivity contribution < 1.29 is 14.3 Å². The first-order valence-corrected chi connectivity index (χ1v) is 11.9. The van der Waals surface area contributed by atoms with E-state index in [1.807, 2.05) is 42.1 Å². The summed E-state index contributed by atoms with van der Waals surface area (Å²) in [6.45, 7) is 6.44. The number of piperidine rings is 1. The molecule has 1 N–H and O–H groups in total. The lowest BCUT2D eigenvalue weighted by molar-refractivity contribution is -0.00218. The number of hydrogen-bond acceptors (Lipinski definition) is 7. The largest absolute Gasteiger partial charge is 0.497 e. The number of nitrogens with zero attached hydrogens (tertiary/aromatic N) is 6. The number of carbonyl (C=O) groups excluding carboxylic acids is 1. The maximum atomic E-state index is 12.5. The van der Waals surface area contributed by atoms with Crippen LogP contribution in [0.4, 0.5) is 0 Å². The van der Waals surface area contributed by atoms with Crippen molar-refractivity contribution in [3.63, 3.8) is 0 Å². The SMILES string of the molecule is CCn1ccc(C(=O)NC2CCN(Cc3nnn4c3CO[C@@H](c3ccc(OC)cc3)C4)CC2)n1. The van der Waals surface area contributed by atoms with Crippen LogP contribution in [0.5, 0.6) is 5.75 Å². The van der Waals surface area contributed by atoms with Crippen LogP contribution < -0.4 is 10.1 Å². The Labute approximate surface area is 198 Å². The van der Waals surface area contributed by atoms with Gasteiger partial charge in [-0.05, 0) is 43.5 Å². The van der Waals surface area contributed by atoms with E-state index in [1.165, 1.54) is 0 Å². The van der Waals surface area contributed by atoms with Crippen molar-refractivity contribution in [1.29, 1.82) is 0 Å². The molecule has 1 fully saturated rings. The van der Waals surface area contributed by atoms with Gasteiger partial charge in [-0.1, -0.05) is 17.3 Å². The number of carbonyl (C=O) groups is 1. The molecule has 5 rings (SSSR count). The first kappa shape index (κ1) is 22.5. The maximum Gasteiger partial charge on any atom is 0.271 e. The Bertz CT molecular complexity index is 1120. The number of benzene rings is 1. The summed E-state index contributed by atoms with van der Waals surface area (Å²) in [6, 6.07) is 9.90. The molecule has 2 aliphatic rings. The Morgan fingerprint density at radius 2 is 2.00 bits per heavy atom. The van der Waals surface area contributed by atoms with Gasteiger partial charge in [-0.3, -0.25) is 14.4 Å². The van der Waals surface area contributed by atoms with Crippen LogP contribution in [-0.4, -0.2) is 61.8 Å². The summed E-state index contributed by atoms with van der Waals surface area (Å²) in [6.07, 6.45) is 3.59. The lowest BCUT2D eigenvalue weighted by Gasteiger charge is -2.32. The van der Waals surface area contributed by atoms with E-state index >= 15 is 0 Å². The molecule has 4 heterocycles. The zero-order chi connectivity index (χ0) is 23.5. The van der Waals surface area contributed by atoms with Gasteiger partial charge in [0.15, 0.2) is 0 Å². The quantitative estimate of drug-likeness (QED) is 0.571. The fraction of sp³-hybridized carbons (Fsp3) is 0.500. The Hall–Kier alpha value is -3.24. The highest BCUT2D eigenvalue weighted by atomic mass is 16.5. The van der Waals surface area contributed by atoms with E-state index in [0.717, 1.165) is 61.7 Å². The number of likely N-dealkylation sites (tertiary alicyclic amines) is 1. The Kier molecular flexibility index (Phi) is 6.59. The highest BCUT2D eigenvalue weighted by Gasteiger charge is 2.27. The molecule has 34 heavy (non-hydrogen) atoms. The van der Waals surface area contributed by atoms with Gasteiger partial charge in [0.1, 0.15) is 23.2 Å². The normalized spacial score (nSPS) is 19.1. The van der Waals surface area contributed by atoms with Crippen LogP contribution in [0.3, 0.4) is 0 Å². The molecule has 10 nitrogen and oxygen atoms in total. The van der Waals surface area contributed by atoms with Crippen molar-refractivity contribution in [2.24, 2.45) is 0 Å². The van der Waals surface area contributed by atoms with E-state index in [-0.39, 0.29) is 18.1 Å². The zero-order valence-corrected chi connectivity index (χ0v) is 19.7. The lowest BCUT2D eigenvalue weighted by atomic mass is 10.0. The Morgan fingerprint density at radius 3 is 2.71 bits per heavy atom. The highest BCUT2D eigenvalue weighted by Crippen LogP contribution is 2.28. The van der Waals surface area contributed by atoms with E-state index in [4.69, 9.17) is 9.47 Å². The average molecular weight is 466 g/mol. The summed E-state index contributed by atoms with van der Waals surface area (Å²) in [7, 11) is 1.66. The van der Waals surface area contributed by atoms with Gasteiger partial charge in [0.2, 0.25) is 0 Å². The van der Waals surface area contributed by atoms with Gasteiger partial charge in [0.25, 0.3) is 5.91 Å².